The number of hydrogen-bond acceptors (Lipinski definition) is 8. The van der Waals surface area contributed by atoms with Crippen LogP contribution in [0.15, 0.2) is 41.9 Å². The number of hydrogen-bond donors (Lipinski definition) is 3. The first kappa shape index (κ1) is 22.4. The summed E-state index contributed by atoms with van der Waals surface area (Å²) in [7, 11) is 0. The highest BCUT2D eigenvalue weighted by molar-refractivity contribution is 7.10. The minimum atomic E-state index is -0.592. The van der Waals surface area contributed by atoms with Crippen LogP contribution in [0, 0.1) is 12.8 Å². The predicted molar refractivity (Wildman–Crippen MR) is 131 cm³/mol. The van der Waals surface area contributed by atoms with Crippen LogP contribution in [0.5, 0.6) is 0 Å². The Bertz CT molecular complexity index is 1070. The summed E-state index contributed by atoms with van der Waals surface area (Å²) in [4.78, 5) is 16.3. The fourth-order valence-corrected chi connectivity index (χ4v) is 5.91. The summed E-state index contributed by atoms with van der Waals surface area (Å²) >= 11 is 1.74. The highest BCUT2D eigenvalue weighted by atomic mass is 32.1. The highest BCUT2D eigenvalue weighted by Gasteiger charge is 2.32. The van der Waals surface area contributed by atoms with Gasteiger partial charge in [-0.3, -0.25) is 4.90 Å². The summed E-state index contributed by atoms with van der Waals surface area (Å²) in [6.45, 7) is 4.21. The first-order valence-corrected chi connectivity index (χ1v) is 12.6. The molecule has 2 aliphatic rings. The van der Waals surface area contributed by atoms with Crippen LogP contribution in [0.25, 0.3) is 11.4 Å². The monoisotopic (exact) mass is 465 g/mol. The lowest BCUT2D eigenvalue weighted by Gasteiger charge is -2.30. The van der Waals surface area contributed by atoms with Crippen LogP contribution >= 0.6 is 11.3 Å². The number of pyridine rings is 2. The van der Waals surface area contributed by atoms with Crippen LogP contribution in [0.3, 0.4) is 0 Å². The Hall–Kier alpha value is -2.39. The topological polar surface area (TPSA) is 94.4 Å². The quantitative estimate of drug-likeness (QED) is 0.507. The summed E-state index contributed by atoms with van der Waals surface area (Å²) in [5.74, 6) is 2.69. The Balaban J connectivity index is 1.19. The fourth-order valence-electron chi connectivity index (χ4n) is 4.93. The van der Waals surface area contributed by atoms with Crippen molar-refractivity contribution in [2.45, 2.75) is 50.7 Å². The minimum Gasteiger partial charge on any atom is -0.389 e. The van der Waals surface area contributed by atoms with Crippen molar-refractivity contribution >= 4 is 23.0 Å². The van der Waals surface area contributed by atoms with Gasteiger partial charge in [0.15, 0.2) is 0 Å². The van der Waals surface area contributed by atoms with Gasteiger partial charge in [-0.05, 0) is 68.4 Å². The molecule has 0 unspecified atom stereocenters. The highest BCUT2D eigenvalue weighted by Crippen LogP contribution is 2.38. The van der Waals surface area contributed by atoms with Gasteiger partial charge >= 0.3 is 0 Å². The summed E-state index contributed by atoms with van der Waals surface area (Å²) in [6, 6.07) is 9.92. The molecule has 0 radical (unpaired) electrons. The maximum absolute atomic E-state index is 9.78. The predicted octanol–water partition coefficient (Wildman–Crippen LogP) is 3.96. The van der Waals surface area contributed by atoms with Crippen molar-refractivity contribution in [3.8, 4) is 11.4 Å². The molecule has 2 fully saturated rings. The molecule has 1 saturated heterocycles. The normalized spacial score (nSPS) is 25.9. The van der Waals surface area contributed by atoms with E-state index in [0.29, 0.717) is 24.9 Å². The molecule has 174 valence electrons. The maximum Gasteiger partial charge on any atom is 0.132 e. The Morgan fingerprint density at radius 3 is 2.55 bits per heavy atom. The van der Waals surface area contributed by atoms with E-state index in [2.05, 4.69) is 20.6 Å². The second-order valence-electron chi connectivity index (χ2n) is 9.39. The van der Waals surface area contributed by atoms with Gasteiger partial charge in [-0.15, -0.1) is 11.3 Å². The average molecular weight is 466 g/mol. The molecule has 5 rings (SSSR count). The third-order valence-corrected chi connectivity index (χ3v) is 7.76. The van der Waals surface area contributed by atoms with Crippen LogP contribution in [0.2, 0.25) is 0 Å². The summed E-state index contributed by atoms with van der Waals surface area (Å²) in [5.41, 5.74) is 2.95. The lowest BCUT2D eigenvalue weighted by molar-refractivity contribution is 0.0572. The standard InChI is InChI=1S/C25H31N5O2S/c1-16-9-10-26-24(11-16)29-23-4-2-3-19(27-23)20-15-33-25(28-20)18-7-5-17(6-8-18)12-30-13-21(31)22(32)14-30/h2-4,9-11,15,17-18,21-22,31-32H,5-8,12-14H2,1H3,(H,26,27,29)/t17-,18-,21-,22+. The summed E-state index contributed by atoms with van der Waals surface area (Å²) < 4.78 is 0. The third-order valence-electron chi connectivity index (χ3n) is 6.75. The van der Waals surface area contributed by atoms with E-state index < -0.39 is 12.2 Å². The molecule has 3 N–H and O–H groups in total. The summed E-state index contributed by atoms with van der Waals surface area (Å²) in [5, 5.41) is 26.2. The van der Waals surface area contributed by atoms with Crippen LogP contribution in [0.4, 0.5) is 11.6 Å². The third kappa shape index (κ3) is 5.41. The zero-order valence-electron chi connectivity index (χ0n) is 18.9. The van der Waals surface area contributed by atoms with Gasteiger partial charge in [0.05, 0.1) is 28.6 Å². The molecular formula is C25H31N5O2S. The molecule has 0 aromatic carbocycles. The number of aliphatic hydroxyl groups excluding tert-OH is 2. The van der Waals surface area contributed by atoms with Gasteiger partial charge in [0.1, 0.15) is 11.6 Å². The molecule has 4 heterocycles. The molecular weight excluding hydrogens is 434 g/mol. The molecule has 2 atom stereocenters. The van der Waals surface area contributed by atoms with E-state index in [9.17, 15) is 10.2 Å². The molecule has 0 amide bonds. The molecule has 1 saturated carbocycles. The number of aliphatic hydroxyl groups is 2. The largest absolute Gasteiger partial charge is 0.389 e. The van der Waals surface area contributed by atoms with Crippen molar-refractivity contribution in [2.24, 2.45) is 5.92 Å². The van der Waals surface area contributed by atoms with Crippen molar-refractivity contribution in [3.05, 3.63) is 52.5 Å². The van der Waals surface area contributed by atoms with Gasteiger partial charge in [0, 0.05) is 37.1 Å². The van der Waals surface area contributed by atoms with Crippen LogP contribution < -0.4 is 5.32 Å². The second-order valence-corrected chi connectivity index (χ2v) is 10.3. The van der Waals surface area contributed by atoms with Gasteiger partial charge in [-0.2, -0.15) is 0 Å². The number of likely N-dealkylation sites (tertiary alicyclic amines) is 1. The maximum atomic E-state index is 9.78. The number of thiazole rings is 1. The van der Waals surface area contributed by atoms with Gasteiger partial charge in [-0.25, -0.2) is 15.0 Å². The van der Waals surface area contributed by atoms with E-state index in [4.69, 9.17) is 9.97 Å². The number of nitrogens with zero attached hydrogens (tertiary/aromatic N) is 4. The van der Waals surface area contributed by atoms with E-state index in [1.807, 2.05) is 37.3 Å². The smallest absolute Gasteiger partial charge is 0.132 e. The van der Waals surface area contributed by atoms with Gasteiger partial charge < -0.3 is 15.5 Å². The Labute approximate surface area is 198 Å². The van der Waals surface area contributed by atoms with E-state index >= 15 is 0 Å². The molecule has 3 aromatic rings. The molecule has 3 aromatic heterocycles. The van der Waals surface area contributed by atoms with Crippen LogP contribution in [0.1, 0.15) is 42.2 Å². The van der Waals surface area contributed by atoms with Crippen molar-refractivity contribution in [1.29, 1.82) is 0 Å². The summed E-state index contributed by atoms with van der Waals surface area (Å²) in [6.07, 6.45) is 5.24. The Morgan fingerprint density at radius 2 is 1.79 bits per heavy atom. The number of nitrogens with one attached hydrogen (secondary N) is 1. The van der Waals surface area contributed by atoms with Crippen molar-refractivity contribution in [2.75, 3.05) is 25.0 Å². The van der Waals surface area contributed by atoms with Gasteiger partial charge in [0.2, 0.25) is 0 Å². The van der Waals surface area contributed by atoms with Gasteiger partial charge in [0.25, 0.3) is 0 Å². The zero-order valence-corrected chi connectivity index (χ0v) is 19.7. The number of rotatable bonds is 6. The van der Waals surface area contributed by atoms with E-state index in [0.717, 1.165) is 48.0 Å². The van der Waals surface area contributed by atoms with Crippen LogP contribution in [-0.2, 0) is 0 Å². The number of β-amino-alcohol motifs (C(OH)–C–C–N with tert-alkyl or cyclic N) is 2. The zero-order chi connectivity index (χ0) is 22.8. The molecule has 1 aliphatic carbocycles. The second kappa shape index (κ2) is 9.85. The fraction of sp³-hybridized carbons (Fsp3) is 0.480. The van der Waals surface area contributed by atoms with Crippen molar-refractivity contribution in [1.82, 2.24) is 19.9 Å². The molecule has 0 spiro atoms. The van der Waals surface area contributed by atoms with E-state index in [1.165, 1.54) is 17.8 Å². The molecule has 33 heavy (non-hydrogen) atoms. The van der Waals surface area contributed by atoms with Crippen molar-refractivity contribution in [3.63, 3.8) is 0 Å². The number of anilines is 2. The van der Waals surface area contributed by atoms with E-state index in [1.54, 1.807) is 17.5 Å². The number of aryl methyl sites for hydroxylation is 1. The Kier molecular flexibility index (Phi) is 6.69. The Morgan fingerprint density at radius 1 is 1.00 bits per heavy atom. The molecule has 0 bridgehead atoms. The first-order chi connectivity index (χ1) is 16.0. The first-order valence-electron chi connectivity index (χ1n) is 11.7. The molecule has 7 nitrogen and oxygen atoms in total. The lowest BCUT2D eigenvalue weighted by atomic mass is 9.82. The molecule has 8 heteroatoms. The average Bonchev–Trinajstić information content (AvgIpc) is 3.41. The lowest BCUT2D eigenvalue weighted by Crippen LogP contribution is -2.30. The van der Waals surface area contributed by atoms with Gasteiger partial charge in [-0.1, -0.05) is 6.07 Å². The van der Waals surface area contributed by atoms with Crippen molar-refractivity contribution < 1.29 is 10.2 Å². The number of aromatic nitrogens is 3. The minimum absolute atomic E-state index is 0.507. The van der Waals surface area contributed by atoms with E-state index in [-0.39, 0.29) is 0 Å². The van der Waals surface area contributed by atoms with Crippen LogP contribution in [-0.4, -0.2) is 61.9 Å². The molecule has 1 aliphatic heterocycles. The SMILES string of the molecule is Cc1ccnc(Nc2cccc(-c3csc([C@H]4CC[C@H](CN5C[C@@H](O)[C@@H](O)C5)CC4)n3)n2)c1.